The lowest BCUT2D eigenvalue weighted by atomic mass is 10.1. The minimum Gasteiger partial charge on any atom is -0.444 e. The summed E-state index contributed by atoms with van der Waals surface area (Å²) in [7, 11) is 0. The number of amides is 1. The quantitative estimate of drug-likeness (QED) is 0.838. The molecule has 1 aromatic carbocycles. The van der Waals surface area contributed by atoms with Gasteiger partial charge in [0.2, 0.25) is 0 Å². The maximum absolute atomic E-state index is 13.9. The van der Waals surface area contributed by atoms with Crippen molar-refractivity contribution in [3.8, 4) is 0 Å². The molecule has 2 rings (SSSR count). The van der Waals surface area contributed by atoms with Crippen LogP contribution in [0, 0.1) is 17.6 Å². The van der Waals surface area contributed by atoms with Crippen molar-refractivity contribution in [2.75, 3.05) is 30.3 Å². The number of nitrogens with one attached hydrogen (secondary N) is 1. The van der Waals surface area contributed by atoms with Gasteiger partial charge < -0.3 is 20.7 Å². The molecule has 1 aliphatic rings. The number of ether oxygens (including phenoxy) is 1. The smallest absolute Gasteiger partial charge is 0.407 e. The summed E-state index contributed by atoms with van der Waals surface area (Å²) in [5.74, 6) is -1.01. The van der Waals surface area contributed by atoms with Crippen LogP contribution in [0.2, 0.25) is 0 Å². The van der Waals surface area contributed by atoms with Gasteiger partial charge in [-0.3, -0.25) is 0 Å². The Morgan fingerprint density at radius 3 is 2.74 bits per heavy atom. The van der Waals surface area contributed by atoms with Gasteiger partial charge in [-0.2, -0.15) is 0 Å². The van der Waals surface area contributed by atoms with E-state index in [1.54, 1.807) is 25.7 Å². The van der Waals surface area contributed by atoms with Crippen LogP contribution >= 0.6 is 0 Å². The molecular weight excluding hydrogens is 304 g/mol. The Morgan fingerprint density at radius 1 is 1.39 bits per heavy atom. The second kappa shape index (κ2) is 6.60. The lowest BCUT2D eigenvalue weighted by Gasteiger charge is -2.21. The van der Waals surface area contributed by atoms with Gasteiger partial charge in [0.15, 0.2) is 0 Å². The van der Waals surface area contributed by atoms with Crippen LogP contribution in [0.4, 0.5) is 25.0 Å². The van der Waals surface area contributed by atoms with E-state index in [1.165, 1.54) is 0 Å². The van der Waals surface area contributed by atoms with Crippen molar-refractivity contribution in [1.82, 2.24) is 5.32 Å². The zero-order valence-electron chi connectivity index (χ0n) is 13.7. The lowest BCUT2D eigenvalue weighted by Crippen LogP contribution is -2.36. The maximum Gasteiger partial charge on any atom is 0.407 e. The van der Waals surface area contributed by atoms with E-state index < -0.39 is 23.3 Å². The molecule has 3 N–H and O–H groups in total. The zero-order valence-corrected chi connectivity index (χ0v) is 13.7. The second-order valence-electron chi connectivity index (χ2n) is 6.81. The summed E-state index contributed by atoms with van der Waals surface area (Å²) in [5, 5.41) is 2.71. The number of alkyl carbamates (subject to hydrolysis) is 1. The molecule has 1 fully saturated rings. The van der Waals surface area contributed by atoms with E-state index in [9.17, 15) is 13.6 Å². The van der Waals surface area contributed by atoms with E-state index in [4.69, 9.17) is 10.5 Å². The summed E-state index contributed by atoms with van der Waals surface area (Å²) in [6.45, 7) is 6.95. The summed E-state index contributed by atoms with van der Waals surface area (Å²) in [6, 6.07) is 2.12. The third-order valence-corrected chi connectivity index (χ3v) is 3.63. The molecule has 1 atom stereocenters. The van der Waals surface area contributed by atoms with Crippen molar-refractivity contribution in [1.29, 1.82) is 0 Å². The zero-order chi connectivity index (χ0) is 17.2. The average molecular weight is 327 g/mol. The standard InChI is InChI=1S/C16H23F2N3O2/c1-16(2,3)23-15(22)20-8-10-4-5-21(9-10)14-7-11(17)13(19)6-12(14)18/h6-7,10H,4-5,8-9,19H2,1-3H3,(H,20,22). The monoisotopic (exact) mass is 327 g/mol. The Balaban J connectivity index is 1.89. The van der Waals surface area contributed by atoms with E-state index in [2.05, 4.69) is 5.32 Å². The number of anilines is 2. The highest BCUT2D eigenvalue weighted by Gasteiger charge is 2.26. The van der Waals surface area contributed by atoms with Crippen LogP contribution in [0.3, 0.4) is 0 Å². The number of nitrogens with zero attached hydrogens (tertiary/aromatic N) is 1. The predicted molar refractivity (Wildman–Crippen MR) is 85.3 cm³/mol. The van der Waals surface area contributed by atoms with Crippen LogP contribution in [-0.4, -0.2) is 31.3 Å². The number of nitrogen functional groups attached to an aromatic ring is 1. The fourth-order valence-corrected chi connectivity index (χ4v) is 2.55. The van der Waals surface area contributed by atoms with Gasteiger partial charge in [0.25, 0.3) is 0 Å². The molecule has 1 amide bonds. The first-order valence-electron chi connectivity index (χ1n) is 7.62. The first-order valence-corrected chi connectivity index (χ1v) is 7.62. The van der Waals surface area contributed by atoms with Gasteiger partial charge in [0.05, 0.1) is 11.4 Å². The van der Waals surface area contributed by atoms with E-state index in [1.807, 2.05) is 0 Å². The molecule has 0 spiro atoms. The fourth-order valence-electron chi connectivity index (χ4n) is 2.55. The Kier molecular flexibility index (Phi) is 4.97. The van der Waals surface area contributed by atoms with E-state index in [-0.39, 0.29) is 17.3 Å². The largest absolute Gasteiger partial charge is 0.444 e. The fraction of sp³-hybridized carbons (Fsp3) is 0.562. The minimum atomic E-state index is -0.628. The molecule has 1 aliphatic heterocycles. The van der Waals surface area contributed by atoms with Crippen molar-refractivity contribution in [3.63, 3.8) is 0 Å². The number of benzene rings is 1. The third-order valence-electron chi connectivity index (χ3n) is 3.63. The molecular formula is C16H23F2N3O2. The number of carbonyl (C=O) groups excluding carboxylic acids is 1. The van der Waals surface area contributed by atoms with Crippen LogP contribution in [0.25, 0.3) is 0 Å². The third kappa shape index (κ3) is 4.71. The molecule has 0 bridgehead atoms. The Labute approximate surface area is 134 Å². The summed E-state index contributed by atoms with van der Waals surface area (Å²) in [6.07, 6.45) is 0.307. The predicted octanol–water partition coefficient (Wildman–Crippen LogP) is 2.90. The molecule has 1 aromatic rings. The molecule has 0 aromatic heterocycles. The molecule has 0 aliphatic carbocycles. The van der Waals surface area contributed by atoms with E-state index >= 15 is 0 Å². The van der Waals surface area contributed by atoms with Crippen LogP contribution < -0.4 is 16.0 Å². The van der Waals surface area contributed by atoms with Crippen molar-refractivity contribution >= 4 is 17.5 Å². The number of carbonyl (C=O) groups is 1. The van der Waals surface area contributed by atoms with Crippen LogP contribution in [-0.2, 0) is 4.74 Å². The number of hydrogen-bond acceptors (Lipinski definition) is 4. The maximum atomic E-state index is 13.9. The molecule has 128 valence electrons. The highest BCUT2D eigenvalue weighted by molar-refractivity contribution is 5.67. The van der Waals surface area contributed by atoms with Crippen LogP contribution in [0.1, 0.15) is 27.2 Å². The molecule has 5 nitrogen and oxygen atoms in total. The minimum absolute atomic E-state index is 0.155. The van der Waals surface area contributed by atoms with Crippen molar-refractivity contribution in [3.05, 3.63) is 23.8 Å². The molecule has 0 radical (unpaired) electrons. The summed E-state index contributed by atoms with van der Waals surface area (Å²) >= 11 is 0. The van der Waals surface area contributed by atoms with Crippen LogP contribution in [0.15, 0.2) is 12.1 Å². The van der Waals surface area contributed by atoms with Crippen molar-refractivity contribution in [2.45, 2.75) is 32.8 Å². The summed E-state index contributed by atoms with van der Waals surface area (Å²) in [5.41, 5.74) is 4.81. The molecule has 0 saturated carbocycles. The molecule has 23 heavy (non-hydrogen) atoms. The Morgan fingerprint density at radius 2 is 2.09 bits per heavy atom. The Hall–Kier alpha value is -2.05. The molecule has 1 saturated heterocycles. The van der Waals surface area contributed by atoms with Gasteiger partial charge >= 0.3 is 6.09 Å². The van der Waals surface area contributed by atoms with Gasteiger partial charge in [0, 0.05) is 31.8 Å². The first-order chi connectivity index (χ1) is 10.7. The second-order valence-corrected chi connectivity index (χ2v) is 6.81. The Bertz CT molecular complexity index is 587. The van der Waals surface area contributed by atoms with Gasteiger partial charge in [-0.05, 0) is 33.1 Å². The first kappa shape index (κ1) is 17.3. The number of rotatable bonds is 3. The van der Waals surface area contributed by atoms with Gasteiger partial charge in [0.1, 0.15) is 17.2 Å². The number of nitrogens with two attached hydrogens (primary N) is 1. The normalized spacial score (nSPS) is 18.1. The van der Waals surface area contributed by atoms with Crippen LogP contribution in [0.5, 0.6) is 0 Å². The summed E-state index contributed by atoms with van der Waals surface area (Å²) < 4.78 is 32.6. The highest BCUT2D eigenvalue weighted by Crippen LogP contribution is 2.29. The SMILES string of the molecule is CC(C)(C)OC(=O)NCC1CCN(c2cc(F)c(N)cc2F)C1. The van der Waals surface area contributed by atoms with Crippen molar-refractivity contribution in [2.24, 2.45) is 5.92 Å². The molecule has 7 heteroatoms. The highest BCUT2D eigenvalue weighted by atomic mass is 19.1. The summed E-state index contributed by atoms with van der Waals surface area (Å²) in [4.78, 5) is 13.4. The van der Waals surface area contributed by atoms with Gasteiger partial charge in [-0.15, -0.1) is 0 Å². The van der Waals surface area contributed by atoms with Crippen molar-refractivity contribution < 1.29 is 18.3 Å². The van der Waals surface area contributed by atoms with E-state index in [0.29, 0.717) is 19.6 Å². The lowest BCUT2D eigenvalue weighted by molar-refractivity contribution is 0.0520. The molecule has 1 heterocycles. The molecule has 1 unspecified atom stereocenters. The average Bonchev–Trinajstić information content (AvgIpc) is 2.87. The topological polar surface area (TPSA) is 67.6 Å². The van der Waals surface area contributed by atoms with Gasteiger partial charge in [-0.25, -0.2) is 13.6 Å². The van der Waals surface area contributed by atoms with Gasteiger partial charge in [-0.1, -0.05) is 0 Å². The number of hydrogen-bond donors (Lipinski definition) is 2. The number of halogens is 2. The van der Waals surface area contributed by atoms with E-state index in [0.717, 1.165) is 18.6 Å².